The fourth-order valence-electron chi connectivity index (χ4n) is 2.17. The van der Waals surface area contributed by atoms with Gasteiger partial charge >= 0.3 is 5.97 Å². The van der Waals surface area contributed by atoms with Crippen molar-refractivity contribution in [3.8, 4) is 0 Å². The summed E-state index contributed by atoms with van der Waals surface area (Å²) in [5.74, 6) is -1.86. The van der Waals surface area contributed by atoms with Crippen LogP contribution >= 0.6 is 11.6 Å². The van der Waals surface area contributed by atoms with E-state index in [9.17, 15) is 22.4 Å². The summed E-state index contributed by atoms with van der Waals surface area (Å²) < 4.78 is 40.9. The summed E-state index contributed by atoms with van der Waals surface area (Å²) >= 11 is 5.74. The number of amides is 1. The Bertz CT molecular complexity index is 981. The minimum absolute atomic E-state index is 0.121. The van der Waals surface area contributed by atoms with E-state index >= 15 is 0 Å². The number of benzene rings is 2. The number of ether oxygens (including phenoxy) is 1. The van der Waals surface area contributed by atoms with Crippen molar-refractivity contribution in [1.82, 2.24) is 4.90 Å². The van der Waals surface area contributed by atoms with E-state index in [-0.39, 0.29) is 17.1 Å². The maximum absolute atomic E-state index is 13.2. The lowest BCUT2D eigenvalue weighted by Crippen LogP contribution is -2.30. The molecular formula is C17H16ClFN2O5S. The molecule has 0 aliphatic heterocycles. The summed E-state index contributed by atoms with van der Waals surface area (Å²) in [6.07, 6.45) is 0. The quantitative estimate of drug-likeness (QED) is 0.727. The molecule has 2 aromatic rings. The Morgan fingerprint density at radius 1 is 1.22 bits per heavy atom. The van der Waals surface area contributed by atoms with E-state index in [1.165, 1.54) is 42.3 Å². The summed E-state index contributed by atoms with van der Waals surface area (Å²) in [5.41, 5.74) is 0.455. The topological polar surface area (TPSA) is 107 Å². The summed E-state index contributed by atoms with van der Waals surface area (Å²) in [7, 11) is -2.64. The van der Waals surface area contributed by atoms with E-state index in [1.807, 2.05) is 0 Å². The van der Waals surface area contributed by atoms with Crippen molar-refractivity contribution >= 4 is 33.5 Å². The summed E-state index contributed by atoms with van der Waals surface area (Å²) in [6, 6.07) is 9.16. The largest absolute Gasteiger partial charge is 0.452 e. The lowest BCUT2D eigenvalue weighted by molar-refractivity contribution is -0.133. The maximum atomic E-state index is 13.2. The maximum Gasteiger partial charge on any atom is 0.338 e. The first-order valence-electron chi connectivity index (χ1n) is 7.56. The molecule has 0 aromatic heterocycles. The molecule has 2 N–H and O–H groups in total. The number of carbonyl (C=O) groups is 2. The standard InChI is InChI=1S/C17H16ClFN2O5S/c1-21(9-11-3-2-4-13(19)7-11)16(22)10-26-17(23)12-5-6-14(18)15(8-12)27(20,24)25/h2-8H,9-10H2,1H3,(H2,20,24,25). The highest BCUT2D eigenvalue weighted by Gasteiger charge is 2.18. The van der Waals surface area contributed by atoms with Gasteiger partial charge in [-0.25, -0.2) is 22.7 Å². The van der Waals surface area contributed by atoms with Crippen LogP contribution in [-0.4, -0.2) is 38.8 Å². The third kappa shape index (κ3) is 5.75. The summed E-state index contributed by atoms with van der Waals surface area (Å²) in [6.45, 7) is -0.442. The number of nitrogens with zero attached hydrogens (tertiary/aromatic N) is 1. The molecule has 0 heterocycles. The van der Waals surface area contributed by atoms with Crippen LogP contribution in [0.2, 0.25) is 5.02 Å². The molecule has 1 amide bonds. The molecule has 0 aliphatic carbocycles. The van der Waals surface area contributed by atoms with E-state index in [4.69, 9.17) is 21.5 Å². The van der Waals surface area contributed by atoms with E-state index < -0.39 is 39.2 Å². The van der Waals surface area contributed by atoms with Gasteiger partial charge in [-0.1, -0.05) is 23.7 Å². The average Bonchev–Trinajstić information content (AvgIpc) is 2.58. The Morgan fingerprint density at radius 3 is 2.56 bits per heavy atom. The van der Waals surface area contributed by atoms with E-state index in [1.54, 1.807) is 6.07 Å². The predicted molar refractivity (Wildman–Crippen MR) is 96.0 cm³/mol. The minimum atomic E-state index is -4.12. The summed E-state index contributed by atoms with van der Waals surface area (Å²) in [5, 5.41) is 4.88. The lowest BCUT2D eigenvalue weighted by Gasteiger charge is -2.17. The first-order chi connectivity index (χ1) is 12.6. The number of hydrogen-bond donors (Lipinski definition) is 1. The van der Waals surface area contributed by atoms with Gasteiger partial charge in [0.25, 0.3) is 5.91 Å². The molecule has 0 aliphatic rings. The second kappa shape index (κ2) is 8.47. The van der Waals surface area contributed by atoms with Gasteiger partial charge in [0, 0.05) is 13.6 Å². The van der Waals surface area contributed by atoms with Crippen molar-refractivity contribution in [3.63, 3.8) is 0 Å². The molecule has 0 fully saturated rings. The SMILES string of the molecule is CN(Cc1cccc(F)c1)C(=O)COC(=O)c1ccc(Cl)c(S(N)(=O)=O)c1. The monoisotopic (exact) mass is 414 g/mol. The third-order valence-corrected chi connectivity index (χ3v) is 4.93. The number of esters is 1. The van der Waals surface area contributed by atoms with Crippen LogP contribution in [0.5, 0.6) is 0 Å². The number of carbonyl (C=O) groups excluding carboxylic acids is 2. The van der Waals surface area contributed by atoms with Crippen LogP contribution < -0.4 is 5.14 Å². The Balaban J connectivity index is 1.99. The third-order valence-electron chi connectivity index (χ3n) is 3.53. The predicted octanol–water partition coefficient (Wildman–Crippen LogP) is 1.94. The van der Waals surface area contributed by atoms with Crippen molar-refractivity contribution < 1.29 is 27.1 Å². The van der Waals surface area contributed by atoms with E-state index in [0.717, 1.165) is 6.07 Å². The smallest absolute Gasteiger partial charge is 0.338 e. The highest BCUT2D eigenvalue weighted by Crippen LogP contribution is 2.21. The van der Waals surface area contributed by atoms with Crippen LogP contribution in [0.15, 0.2) is 47.4 Å². The Morgan fingerprint density at radius 2 is 1.93 bits per heavy atom. The molecule has 0 unspecified atom stereocenters. The zero-order chi connectivity index (χ0) is 20.2. The molecule has 0 saturated carbocycles. The molecule has 0 radical (unpaired) electrons. The van der Waals surface area contributed by atoms with Crippen LogP contribution in [0, 0.1) is 5.82 Å². The van der Waals surface area contributed by atoms with Gasteiger partial charge in [0.05, 0.1) is 10.6 Å². The van der Waals surface area contributed by atoms with Gasteiger partial charge in [0.2, 0.25) is 10.0 Å². The van der Waals surface area contributed by atoms with Crippen LogP contribution in [-0.2, 0) is 26.1 Å². The normalized spacial score (nSPS) is 11.1. The highest BCUT2D eigenvalue weighted by molar-refractivity contribution is 7.89. The molecule has 0 atom stereocenters. The van der Waals surface area contributed by atoms with Gasteiger partial charge in [-0.15, -0.1) is 0 Å². The molecule has 7 nitrogen and oxygen atoms in total. The number of primary sulfonamides is 1. The van der Waals surface area contributed by atoms with Crippen molar-refractivity contribution in [3.05, 3.63) is 64.4 Å². The first-order valence-corrected chi connectivity index (χ1v) is 9.48. The molecule has 0 bridgehead atoms. The van der Waals surface area contributed by atoms with E-state index in [0.29, 0.717) is 5.56 Å². The molecule has 0 spiro atoms. The lowest BCUT2D eigenvalue weighted by atomic mass is 10.2. The molecular weight excluding hydrogens is 399 g/mol. The Labute approximate surface area is 160 Å². The van der Waals surface area contributed by atoms with Gasteiger partial charge in [0.15, 0.2) is 6.61 Å². The van der Waals surface area contributed by atoms with Crippen molar-refractivity contribution in [2.45, 2.75) is 11.4 Å². The van der Waals surface area contributed by atoms with Gasteiger partial charge in [-0.3, -0.25) is 4.79 Å². The fraction of sp³-hybridized carbons (Fsp3) is 0.176. The van der Waals surface area contributed by atoms with Crippen LogP contribution in [0.25, 0.3) is 0 Å². The van der Waals surface area contributed by atoms with E-state index in [2.05, 4.69) is 0 Å². The molecule has 144 valence electrons. The zero-order valence-electron chi connectivity index (χ0n) is 14.2. The number of sulfonamides is 1. The second-order valence-corrected chi connectivity index (χ2v) is 7.58. The van der Waals surface area contributed by atoms with Crippen molar-refractivity contribution in [1.29, 1.82) is 0 Å². The number of likely N-dealkylation sites (N-methyl/N-ethyl adjacent to an activating group) is 1. The minimum Gasteiger partial charge on any atom is -0.452 e. The van der Waals surface area contributed by atoms with Crippen molar-refractivity contribution in [2.24, 2.45) is 5.14 Å². The van der Waals surface area contributed by atoms with Gasteiger partial charge in [-0.05, 0) is 35.9 Å². The highest BCUT2D eigenvalue weighted by atomic mass is 35.5. The van der Waals surface area contributed by atoms with Gasteiger partial charge < -0.3 is 9.64 Å². The van der Waals surface area contributed by atoms with Crippen LogP contribution in [0.4, 0.5) is 4.39 Å². The van der Waals surface area contributed by atoms with Crippen LogP contribution in [0.1, 0.15) is 15.9 Å². The Hall–Kier alpha value is -2.49. The first kappa shape index (κ1) is 20.8. The zero-order valence-corrected chi connectivity index (χ0v) is 15.8. The molecule has 27 heavy (non-hydrogen) atoms. The van der Waals surface area contributed by atoms with Gasteiger partial charge in [-0.2, -0.15) is 0 Å². The Kier molecular flexibility index (Phi) is 6.53. The second-order valence-electron chi connectivity index (χ2n) is 5.65. The molecule has 2 rings (SSSR count). The fourth-order valence-corrected chi connectivity index (χ4v) is 3.24. The average molecular weight is 415 g/mol. The molecule has 0 saturated heterocycles. The van der Waals surface area contributed by atoms with Gasteiger partial charge in [0.1, 0.15) is 10.7 Å². The summed E-state index contributed by atoms with van der Waals surface area (Å²) in [4.78, 5) is 25.0. The number of rotatable bonds is 6. The molecule has 2 aromatic carbocycles. The number of nitrogens with two attached hydrogens (primary N) is 1. The van der Waals surface area contributed by atoms with Crippen LogP contribution in [0.3, 0.4) is 0 Å². The number of hydrogen-bond acceptors (Lipinski definition) is 5. The number of halogens is 2. The van der Waals surface area contributed by atoms with Crippen molar-refractivity contribution in [2.75, 3.05) is 13.7 Å². The molecule has 10 heteroatoms.